The Kier molecular flexibility index (Phi) is 5.89. The van der Waals surface area contributed by atoms with Crippen molar-refractivity contribution in [2.75, 3.05) is 13.6 Å². The molecule has 5 heteroatoms. The number of pyridine rings is 1. The molecule has 0 unspecified atom stereocenters. The molecule has 2 aromatic rings. The first-order valence-electron chi connectivity index (χ1n) is 7.29. The summed E-state index contributed by atoms with van der Waals surface area (Å²) >= 11 is 0. The predicted octanol–water partition coefficient (Wildman–Crippen LogP) is 2.99. The summed E-state index contributed by atoms with van der Waals surface area (Å²) in [6.45, 7) is 0.736. The van der Waals surface area contributed by atoms with Gasteiger partial charge in [0.25, 0.3) is 0 Å². The summed E-state index contributed by atoms with van der Waals surface area (Å²) in [5, 5.41) is 2.67. The third-order valence-corrected chi connectivity index (χ3v) is 3.39. The lowest BCUT2D eigenvalue weighted by atomic mass is 10.1. The Labute approximate surface area is 130 Å². The molecule has 2 rings (SSSR count). The average Bonchev–Trinajstić information content (AvgIpc) is 2.54. The maximum Gasteiger partial charge on any atom is 0.317 e. The fourth-order valence-corrected chi connectivity index (χ4v) is 2.11. The molecule has 116 valence electrons. The molecule has 1 N–H and O–H groups in total. The van der Waals surface area contributed by atoms with E-state index in [9.17, 15) is 9.18 Å². The summed E-state index contributed by atoms with van der Waals surface area (Å²) in [4.78, 5) is 17.4. The van der Waals surface area contributed by atoms with Crippen molar-refractivity contribution in [3.05, 3.63) is 65.7 Å². The van der Waals surface area contributed by atoms with Crippen LogP contribution >= 0.6 is 0 Å². The molecule has 0 saturated heterocycles. The lowest BCUT2D eigenvalue weighted by Gasteiger charge is -2.17. The zero-order valence-electron chi connectivity index (χ0n) is 12.6. The number of aromatic nitrogens is 1. The summed E-state index contributed by atoms with van der Waals surface area (Å²) in [5.74, 6) is -0.408. The standard InChI is InChI=1S/C17H20FN3O/c1-21(12-6-9-14-7-3-2-4-8-14)17(22)20-13-16-15(18)10-5-11-19-16/h2-5,7-8,10-11H,6,9,12-13H2,1H3,(H,20,22). The Morgan fingerprint density at radius 3 is 2.73 bits per heavy atom. The van der Waals surface area contributed by atoms with Crippen LogP contribution in [0.4, 0.5) is 9.18 Å². The second-order valence-electron chi connectivity index (χ2n) is 5.10. The number of hydrogen-bond acceptors (Lipinski definition) is 2. The van der Waals surface area contributed by atoms with Gasteiger partial charge in [-0.3, -0.25) is 4.98 Å². The van der Waals surface area contributed by atoms with E-state index in [1.54, 1.807) is 11.9 Å². The van der Waals surface area contributed by atoms with Gasteiger partial charge >= 0.3 is 6.03 Å². The normalized spacial score (nSPS) is 10.3. The molecule has 1 aromatic heterocycles. The summed E-state index contributed by atoms with van der Waals surface area (Å²) < 4.78 is 13.4. The molecule has 0 spiro atoms. The fraction of sp³-hybridized carbons (Fsp3) is 0.294. The number of hydrogen-bond donors (Lipinski definition) is 1. The number of benzene rings is 1. The van der Waals surface area contributed by atoms with E-state index in [0.29, 0.717) is 6.54 Å². The Morgan fingerprint density at radius 2 is 2.00 bits per heavy atom. The zero-order chi connectivity index (χ0) is 15.8. The van der Waals surface area contributed by atoms with E-state index in [-0.39, 0.29) is 18.3 Å². The van der Waals surface area contributed by atoms with E-state index in [0.717, 1.165) is 12.8 Å². The lowest BCUT2D eigenvalue weighted by Crippen LogP contribution is -2.37. The minimum Gasteiger partial charge on any atom is -0.332 e. The minimum atomic E-state index is -0.408. The van der Waals surface area contributed by atoms with Crippen LogP contribution in [-0.2, 0) is 13.0 Å². The number of nitrogens with one attached hydrogen (secondary N) is 1. The second kappa shape index (κ2) is 8.12. The van der Waals surface area contributed by atoms with Gasteiger partial charge in [0.05, 0.1) is 12.2 Å². The van der Waals surface area contributed by atoms with Gasteiger partial charge in [-0.15, -0.1) is 0 Å². The summed E-state index contributed by atoms with van der Waals surface area (Å²) in [6.07, 6.45) is 3.31. The van der Waals surface area contributed by atoms with Gasteiger partial charge in [-0.2, -0.15) is 0 Å². The quantitative estimate of drug-likeness (QED) is 0.891. The van der Waals surface area contributed by atoms with Crippen molar-refractivity contribution < 1.29 is 9.18 Å². The SMILES string of the molecule is CN(CCCc1ccccc1)C(=O)NCc1ncccc1F. The van der Waals surface area contributed by atoms with Crippen molar-refractivity contribution in [3.63, 3.8) is 0 Å². The number of amides is 2. The van der Waals surface area contributed by atoms with Crippen molar-refractivity contribution in [1.82, 2.24) is 15.2 Å². The molecule has 0 radical (unpaired) electrons. The van der Waals surface area contributed by atoms with E-state index in [2.05, 4.69) is 22.4 Å². The summed E-state index contributed by atoms with van der Waals surface area (Å²) in [7, 11) is 1.73. The fourth-order valence-electron chi connectivity index (χ4n) is 2.11. The highest BCUT2D eigenvalue weighted by Crippen LogP contribution is 2.04. The van der Waals surface area contributed by atoms with E-state index >= 15 is 0 Å². The monoisotopic (exact) mass is 301 g/mol. The van der Waals surface area contributed by atoms with Crippen molar-refractivity contribution in [2.24, 2.45) is 0 Å². The van der Waals surface area contributed by atoms with Crippen molar-refractivity contribution >= 4 is 6.03 Å². The van der Waals surface area contributed by atoms with Gasteiger partial charge < -0.3 is 10.2 Å². The average molecular weight is 301 g/mol. The second-order valence-corrected chi connectivity index (χ2v) is 5.10. The van der Waals surface area contributed by atoms with Gasteiger partial charge in [-0.25, -0.2) is 9.18 Å². The first kappa shape index (κ1) is 15.9. The van der Waals surface area contributed by atoms with Crippen molar-refractivity contribution in [1.29, 1.82) is 0 Å². The molecule has 0 atom stereocenters. The Morgan fingerprint density at radius 1 is 1.23 bits per heavy atom. The van der Waals surface area contributed by atoms with Gasteiger partial charge in [-0.05, 0) is 30.5 Å². The smallest absolute Gasteiger partial charge is 0.317 e. The number of nitrogens with zero attached hydrogens (tertiary/aromatic N) is 2. The molecule has 0 aliphatic carbocycles. The maximum atomic E-state index is 13.4. The Balaban J connectivity index is 1.72. The third kappa shape index (κ3) is 4.84. The van der Waals surface area contributed by atoms with Crippen molar-refractivity contribution in [2.45, 2.75) is 19.4 Å². The van der Waals surface area contributed by atoms with Gasteiger partial charge in [0.1, 0.15) is 5.82 Å². The van der Waals surface area contributed by atoms with Gasteiger partial charge in [-0.1, -0.05) is 30.3 Å². The highest BCUT2D eigenvalue weighted by atomic mass is 19.1. The van der Waals surface area contributed by atoms with Gasteiger partial charge in [0.15, 0.2) is 0 Å². The molecule has 1 aromatic carbocycles. The number of urea groups is 1. The predicted molar refractivity (Wildman–Crippen MR) is 83.8 cm³/mol. The molecule has 0 aliphatic heterocycles. The van der Waals surface area contributed by atoms with Crippen LogP contribution in [0.15, 0.2) is 48.7 Å². The Hall–Kier alpha value is -2.43. The van der Waals surface area contributed by atoms with Crippen LogP contribution in [0, 0.1) is 5.82 Å². The van der Waals surface area contributed by atoms with Crippen LogP contribution in [0.25, 0.3) is 0 Å². The molecule has 0 aliphatic rings. The first-order chi connectivity index (χ1) is 10.7. The van der Waals surface area contributed by atoms with Crippen LogP contribution in [0.5, 0.6) is 0 Å². The topological polar surface area (TPSA) is 45.2 Å². The summed E-state index contributed by atoms with van der Waals surface area (Å²) in [5.41, 5.74) is 1.50. The van der Waals surface area contributed by atoms with Gasteiger partial charge in [0.2, 0.25) is 0 Å². The highest BCUT2D eigenvalue weighted by molar-refractivity contribution is 5.73. The largest absolute Gasteiger partial charge is 0.332 e. The molecular formula is C17H20FN3O. The van der Waals surface area contributed by atoms with Crippen LogP contribution in [0.2, 0.25) is 0 Å². The van der Waals surface area contributed by atoms with Crippen LogP contribution < -0.4 is 5.32 Å². The van der Waals surface area contributed by atoms with Crippen LogP contribution in [0.1, 0.15) is 17.7 Å². The molecule has 0 bridgehead atoms. The Bertz CT molecular complexity index is 604. The molecule has 4 nitrogen and oxygen atoms in total. The zero-order valence-corrected chi connectivity index (χ0v) is 12.6. The highest BCUT2D eigenvalue weighted by Gasteiger charge is 2.09. The number of aryl methyl sites for hydroxylation is 1. The van der Waals surface area contributed by atoms with Crippen LogP contribution in [-0.4, -0.2) is 29.5 Å². The lowest BCUT2D eigenvalue weighted by molar-refractivity contribution is 0.207. The van der Waals surface area contributed by atoms with E-state index in [4.69, 9.17) is 0 Å². The van der Waals surface area contributed by atoms with E-state index < -0.39 is 5.82 Å². The van der Waals surface area contributed by atoms with Crippen LogP contribution in [0.3, 0.4) is 0 Å². The summed E-state index contributed by atoms with van der Waals surface area (Å²) in [6, 6.07) is 12.8. The number of carbonyl (C=O) groups excluding carboxylic acids is 1. The number of halogens is 1. The number of carbonyl (C=O) groups is 1. The number of rotatable bonds is 6. The third-order valence-electron chi connectivity index (χ3n) is 3.39. The van der Waals surface area contributed by atoms with Crippen molar-refractivity contribution in [3.8, 4) is 0 Å². The molecule has 1 heterocycles. The minimum absolute atomic E-state index is 0.0918. The molecular weight excluding hydrogens is 281 g/mol. The molecule has 2 amide bonds. The van der Waals surface area contributed by atoms with E-state index in [1.807, 2.05) is 18.2 Å². The molecule has 22 heavy (non-hydrogen) atoms. The molecule has 0 saturated carbocycles. The molecule has 0 fully saturated rings. The van der Waals surface area contributed by atoms with E-state index in [1.165, 1.54) is 23.9 Å². The maximum absolute atomic E-state index is 13.4. The van der Waals surface area contributed by atoms with Gasteiger partial charge in [0, 0.05) is 19.8 Å². The first-order valence-corrected chi connectivity index (χ1v) is 7.29.